The van der Waals surface area contributed by atoms with E-state index in [9.17, 15) is 17.6 Å². The molecule has 0 aliphatic carbocycles. The first-order valence-electron chi connectivity index (χ1n) is 6.13. The summed E-state index contributed by atoms with van der Waals surface area (Å²) in [4.78, 5) is 0. The smallest absolute Gasteiger partial charge is 0.327 e. The Hall–Kier alpha value is -1.10. The molecule has 0 radical (unpaired) electrons. The van der Waals surface area contributed by atoms with Crippen LogP contribution in [-0.2, 0) is 12.6 Å². The van der Waals surface area contributed by atoms with E-state index in [2.05, 4.69) is 0 Å². The third kappa shape index (κ3) is 4.49. The standard InChI is InChI=1S/C14H19F4N/c1-13(2,3)12(19)7-5-9-4-6-10(11(15)8-9)14(16,17)18/h4,6,8,12H,5,7,19H2,1-3H3. The van der Waals surface area contributed by atoms with Gasteiger partial charge in [0, 0.05) is 6.04 Å². The molecular weight excluding hydrogens is 258 g/mol. The van der Waals surface area contributed by atoms with Crippen molar-refractivity contribution in [3.05, 3.63) is 35.1 Å². The van der Waals surface area contributed by atoms with E-state index in [1.165, 1.54) is 6.07 Å². The monoisotopic (exact) mass is 277 g/mol. The van der Waals surface area contributed by atoms with Gasteiger partial charge in [-0.1, -0.05) is 26.8 Å². The van der Waals surface area contributed by atoms with Crippen LogP contribution < -0.4 is 5.73 Å². The molecule has 1 aromatic rings. The van der Waals surface area contributed by atoms with Crippen LogP contribution in [0.4, 0.5) is 17.6 Å². The molecule has 0 aliphatic rings. The Bertz CT molecular complexity index is 432. The van der Waals surface area contributed by atoms with Crippen molar-refractivity contribution >= 4 is 0 Å². The Morgan fingerprint density at radius 2 is 1.74 bits per heavy atom. The summed E-state index contributed by atoms with van der Waals surface area (Å²) < 4.78 is 50.5. The minimum absolute atomic E-state index is 0.0789. The number of alkyl halides is 3. The average molecular weight is 277 g/mol. The number of hydrogen-bond donors (Lipinski definition) is 1. The Kier molecular flexibility index (Phi) is 4.61. The molecule has 1 atom stereocenters. The maximum atomic E-state index is 13.4. The third-order valence-corrected chi connectivity index (χ3v) is 3.20. The van der Waals surface area contributed by atoms with E-state index in [0.717, 1.165) is 12.1 Å². The summed E-state index contributed by atoms with van der Waals surface area (Å²) >= 11 is 0. The lowest BCUT2D eigenvalue weighted by Gasteiger charge is -2.27. The highest BCUT2D eigenvalue weighted by Gasteiger charge is 2.33. The molecule has 0 saturated heterocycles. The minimum Gasteiger partial charge on any atom is -0.327 e. The molecule has 5 heteroatoms. The van der Waals surface area contributed by atoms with Crippen LogP contribution in [0.15, 0.2) is 18.2 Å². The van der Waals surface area contributed by atoms with Gasteiger partial charge in [-0.15, -0.1) is 0 Å². The summed E-state index contributed by atoms with van der Waals surface area (Å²) in [7, 11) is 0. The Morgan fingerprint density at radius 1 is 1.16 bits per heavy atom. The lowest BCUT2D eigenvalue weighted by atomic mass is 9.84. The number of halogens is 4. The van der Waals surface area contributed by atoms with Gasteiger partial charge in [0.15, 0.2) is 0 Å². The van der Waals surface area contributed by atoms with Crippen molar-refractivity contribution in [2.75, 3.05) is 0 Å². The predicted octanol–water partition coefficient (Wildman–Crippen LogP) is 4.15. The van der Waals surface area contributed by atoms with Gasteiger partial charge in [0.1, 0.15) is 5.82 Å². The predicted molar refractivity (Wildman–Crippen MR) is 67.2 cm³/mol. The van der Waals surface area contributed by atoms with Crippen molar-refractivity contribution in [2.24, 2.45) is 11.1 Å². The molecule has 1 unspecified atom stereocenters. The highest BCUT2D eigenvalue weighted by molar-refractivity contribution is 5.26. The maximum Gasteiger partial charge on any atom is 0.419 e. The van der Waals surface area contributed by atoms with Gasteiger partial charge in [0.2, 0.25) is 0 Å². The molecule has 1 aromatic carbocycles. The van der Waals surface area contributed by atoms with E-state index in [4.69, 9.17) is 5.73 Å². The van der Waals surface area contributed by atoms with E-state index in [-0.39, 0.29) is 11.5 Å². The summed E-state index contributed by atoms with van der Waals surface area (Å²) in [6.07, 6.45) is -3.58. The highest BCUT2D eigenvalue weighted by atomic mass is 19.4. The molecule has 108 valence electrons. The molecular formula is C14H19F4N. The van der Waals surface area contributed by atoms with E-state index < -0.39 is 17.6 Å². The van der Waals surface area contributed by atoms with E-state index in [1.807, 2.05) is 20.8 Å². The molecule has 0 aliphatic heterocycles. The second kappa shape index (κ2) is 5.49. The van der Waals surface area contributed by atoms with Crippen molar-refractivity contribution in [3.8, 4) is 0 Å². The molecule has 19 heavy (non-hydrogen) atoms. The quantitative estimate of drug-likeness (QED) is 0.825. The molecule has 2 N–H and O–H groups in total. The molecule has 0 fully saturated rings. The summed E-state index contributed by atoms with van der Waals surface area (Å²) in [5.41, 5.74) is 5.19. The molecule has 1 rings (SSSR count). The van der Waals surface area contributed by atoms with Crippen LogP contribution in [-0.4, -0.2) is 6.04 Å². The summed E-state index contributed by atoms with van der Waals surface area (Å²) in [6, 6.07) is 2.95. The second-order valence-electron chi connectivity index (χ2n) is 5.82. The van der Waals surface area contributed by atoms with Crippen LogP contribution in [0, 0.1) is 11.2 Å². The molecule has 1 nitrogen and oxygen atoms in total. The lowest BCUT2D eigenvalue weighted by Crippen LogP contribution is -2.35. The van der Waals surface area contributed by atoms with Crippen LogP contribution in [0.3, 0.4) is 0 Å². The fourth-order valence-corrected chi connectivity index (χ4v) is 1.70. The van der Waals surface area contributed by atoms with Gasteiger partial charge >= 0.3 is 6.18 Å². The van der Waals surface area contributed by atoms with E-state index in [0.29, 0.717) is 18.4 Å². The van der Waals surface area contributed by atoms with Crippen LogP contribution in [0.1, 0.15) is 38.3 Å². The zero-order valence-corrected chi connectivity index (χ0v) is 11.3. The largest absolute Gasteiger partial charge is 0.419 e. The fraction of sp³-hybridized carbons (Fsp3) is 0.571. The Labute approximate surface area is 110 Å². The number of nitrogens with two attached hydrogens (primary N) is 1. The molecule has 0 saturated carbocycles. The zero-order chi connectivity index (χ0) is 14.8. The second-order valence-corrected chi connectivity index (χ2v) is 5.82. The van der Waals surface area contributed by atoms with E-state index >= 15 is 0 Å². The number of hydrogen-bond acceptors (Lipinski definition) is 1. The molecule has 0 bridgehead atoms. The normalized spacial score (nSPS) is 14.5. The molecule has 0 heterocycles. The van der Waals surface area contributed by atoms with E-state index in [1.54, 1.807) is 0 Å². The zero-order valence-electron chi connectivity index (χ0n) is 11.3. The first-order chi connectivity index (χ1) is 8.51. The lowest BCUT2D eigenvalue weighted by molar-refractivity contribution is -0.140. The topological polar surface area (TPSA) is 26.0 Å². The van der Waals surface area contributed by atoms with Crippen LogP contribution in [0.25, 0.3) is 0 Å². The third-order valence-electron chi connectivity index (χ3n) is 3.20. The van der Waals surface area contributed by atoms with Crippen LogP contribution in [0.2, 0.25) is 0 Å². The van der Waals surface area contributed by atoms with Gasteiger partial charge < -0.3 is 5.73 Å². The van der Waals surface area contributed by atoms with Gasteiger partial charge in [0.05, 0.1) is 5.56 Å². The first-order valence-corrected chi connectivity index (χ1v) is 6.13. The number of rotatable bonds is 3. The van der Waals surface area contributed by atoms with Crippen molar-refractivity contribution in [1.82, 2.24) is 0 Å². The number of benzene rings is 1. The van der Waals surface area contributed by atoms with Crippen LogP contribution >= 0.6 is 0 Å². The SMILES string of the molecule is CC(C)(C)C(N)CCc1ccc(C(F)(F)F)c(F)c1. The van der Waals surface area contributed by atoms with Gasteiger partial charge in [0.25, 0.3) is 0 Å². The van der Waals surface area contributed by atoms with Crippen molar-refractivity contribution in [3.63, 3.8) is 0 Å². The summed E-state index contributed by atoms with van der Waals surface area (Å²) in [5.74, 6) is -1.23. The Morgan fingerprint density at radius 3 is 2.16 bits per heavy atom. The summed E-state index contributed by atoms with van der Waals surface area (Å²) in [6.45, 7) is 5.97. The van der Waals surface area contributed by atoms with Gasteiger partial charge in [-0.2, -0.15) is 13.2 Å². The van der Waals surface area contributed by atoms with Crippen molar-refractivity contribution < 1.29 is 17.6 Å². The van der Waals surface area contributed by atoms with Crippen molar-refractivity contribution in [2.45, 2.75) is 45.8 Å². The average Bonchev–Trinajstić information content (AvgIpc) is 2.22. The summed E-state index contributed by atoms with van der Waals surface area (Å²) in [5, 5.41) is 0. The Balaban J connectivity index is 2.75. The minimum atomic E-state index is -4.65. The van der Waals surface area contributed by atoms with Crippen molar-refractivity contribution in [1.29, 1.82) is 0 Å². The number of aryl methyl sites for hydroxylation is 1. The van der Waals surface area contributed by atoms with Gasteiger partial charge in [-0.25, -0.2) is 4.39 Å². The fourth-order valence-electron chi connectivity index (χ4n) is 1.70. The maximum absolute atomic E-state index is 13.4. The molecule has 0 amide bonds. The van der Waals surface area contributed by atoms with Gasteiger partial charge in [-0.05, 0) is 36.0 Å². The van der Waals surface area contributed by atoms with Crippen LogP contribution in [0.5, 0.6) is 0 Å². The molecule has 0 aromatic heterocycles. The highest BCUT2D eigenvalue weighted by Crippen LogP contribution is 2.32. The van der Waals surface area contributed by atoms with Gasteiger partial charge in [-0.3, -0.25) is 0 Å². The first kappa shape index (κ1) is 16.0. The molecule has 0 spiro atoms.